The monoisotopic (exact) mass is 462 g/mol. The number of aromatic nitrogens is 3. The quantitative estimate of drug-likeness (QED) is 0.368. The van der Waals surface area contributed by atoms with E-state index in [1.165, 1.54) is 0 Å². The molecule has 0 spiro atoms. The van der Waals surface area contributed by atoms with E-state index < -0.39 is 6.09 Å². The second kappa shape index (κ2) is 10.7. The highest BCUT2D eigenvalue weighted by Crippen LogP contribution is 2.25. The number of halogens is 1. The molecule has 0 radical (unpaired) electrons. The first-order chi connectivity index (χ1) is 16.1. The van der Waals surface area contributed by atoms with Crippen molar-refractivity contribution in [2.24, 2.45) is 0 Å². The van der Waals surface area contributed by atoms with Crippen LogP contribution in [-0.4, -0.2) is 20.9 Å². The highest BCUT2D eigenvalue weighted by Gasteiger charge is 2.12. The van der Waals surface area contributed by atoms with Gasteiger partial charge < -0.3 is 9.47 Å². The zero-order valence-electron chi connectivity index (χ0n) is 18.1. The number of hydrogen-bond donors (Lipinski definition) is 1. The molecule has 1 amide bonds. The van der Waals surface area contributed by atoms with Crippen LogP contribution in [-0.2, 0) is 24.5 Å². The van der Waals surface area contributed by atoms with Crippen molar-refractivity contribution in [3.63, 3.8) is 0 Å². The number of amides is 1. The zero-order chi connectivity index (χ0) is 23.0. The maximum Gasteiger partial charge on any atom is 0.413 e. The van der Waals surface area contributed by atoms with Crippen LogP contribution < -0.4 is 10.1 Å². The van der Waals surface area contributed by atoms with Gasteiger partial charge in [0, 0.05) is 28.5 Å². The Morgan fingerprint density at radius 3 is 2.64 bits per heavy atom. The van der Waals surface area contributed by atoms with E-state index in [9.17, 15) is 4.79 Å². The smallest absolute Gasteiger partial charge is 0.413 e. The van der Waals surface area contributed by atoms with E-state index in [2.05, 4.69) is 15.4 Å². The molecule has 2 heterocycles. The van der Waals surface area contributed by atoms with E-state index in [1.807, 2.05) is 55.5 Å². The number of pyridine rings is 1. The van der Waals surface area contributed by atoms with E-state index in [4.69, 9.17) is 21.1 Å². The summed E-state index contributed by atoms with van der Waals surface area (Å²) in [5.41, 5.74) is 3.49. The van der Waals surface area contributed by atoms with Gasteiger partial charge in [0.2, 0.25) is 0 Å². The molecule has 1 N–H and O–H groups in total. The normalized spacial score (nSPS) is 10.6. The SMILES string of the molecule is Cc1cc(NC(=O)OCc2ccccn2)nn1Cc1cc(Cl)ccc1OCc1ccccc1. The Morgan fingerprint density at radius 2 is 1.85 bits per heavy atom. The Hall–Kier alpha value is -3.84. The van der Waals surface area contributed by atoms with Gasteiger partial charge in [0.25, 0.3) is 0 Å². The van der Waals surface area contributed by atoms with Crippen LogP contribution >= 0.6 is 11.6 Å². The molecule has 2 aromatic carbocycles. The summed E-state index contributed by atoms with van der Waals surface area (Å²) in [5, 5.41) is 7.74. The number of nitrogens with one attached hydrogen (secondary N) is 1. The molecule has 0 aliphatic heterocycles. The first-order valence-electron chi connectivity index (χ1n) is 10.4. The molecular formula is C25H23ClN4O3. The van der Waals surface area contributed by atoms with E-state index in [1.54, 1.807) is 35.1 Å². The van der Waals surface area contributed by atoms with Crippen molar-refractivity contribution in [2.75, 3.05) is 5.32 Å². The summed E-state index contributed by atoms with van der Waals surface area (Å²) in [6, 6.07) is 22.7. The third-order valence-electron chi connectivity index (χ3n) is 4.87. The van der Waals surface area contributed by atoms with E-state index in [-0.39, 0.29) is 6.61 Å². The standard InChI is InChI=1S/C25H23ClN4O3/c1-18-13-24(28-25(31)33-17-22-9-5-6-12-27-22)29-30(18)15-20-14-21(26)10-11-23(20)32-16-19-7-3-2-4-8-19/h2-14H,15-17H2,1H3,(H,28,29,31). The number of benzene rings is 2. The Labute approximate surface area is 196 Å². The Balaban J connectivity index is 1.41. The highest BCUT2D eigenvalue weighted by atomic mass is 35.5. The minimum Gasteiger partial charge on any atom is -0.489 e. The topological polar surface area (TPSA) is 78.3 Å². The lowest BCUT2D eigenvalue weighted by Gasteiger charge is -2.13. The summed E-state index contributed by atoms with van der Waals surface area (Å²) in [4.78, 5) is 16.3. The molecule has 0 aliphatic rings. The van der Waals surface area contributed by atoms with Gasteiger partial charge in [-0.25, -0.2) is 4.79 Å². The number of aryl methyl sites for hydroxylation is 1. The predicted molar refractivity (Wildman–Crippen MR) is 126 cm³/mol. The minimum atomic E-state index is -0.597. The summed E-state index contributed by atoms with van der Waals surface area (Å²) < 4.78 is 13.0. The van der Waals surface area contributed by atoms with Crippen LogP contribution in [0, 0.1) is 6.92 Å². The van der Waals surface area contributed by atoms with Crippen molar-refractivity contribution in [1.29, 1.82) is 0 Å². The molecule has 0 saturated carbocycles. The van der Waals surface area contributed by atoms with Crippen LogP contribution in [0.25, 0.3) is 0 Å². The van der Waals surface area contributed by atoms with Crippen LogP contribution in [0.1, 0.15) is 22.5 Å². The summed E-state index contributed by atoms with van der Waals surface area (Å²) in [6.07, 6.45) is 1.05. The van der Waals surface area contributed by atoms with Crippen molar-refractivity contribution in [3.8, 4) is 5.75 Å². The first kappa shape index (κ1) is 22.4. The van der Waals surface area contributed by atoms with Crippen molar-refractivity contribution < 1.29 is 14.3 Å². The number of carbonyl (C=O) groups excluding carboxylic acids is 1. The minimum absolute atomic E-state index is 0.0803. The second-order valence-electron chi connectivity index (χ2n) is 7.38. The summed E-state index contributed by atoms with van der Waals surface area (Å²) >= 11 is 6.24. The molecule has 4 rings (SSSR count). The molecule has 8 heteroatoms. The second-order valence-corrected chi connectivity index (χ2v) is 7.81. The predicted octanol–water partition coefficient (Wildman–Crippen LogP) is 5.62. The third-order valence-corrected chi connectivity index (χ3v) is 5.10. The van der Waals surface area contributed by atoms with Crippen LogP contribution in [0.4, 0.5) is 10.6 Å². The first-order valence-corrected chi connectivity index (χ1v) is 10.8. The average molecular weight is 463 g/mol. The van der Waals surface area contributed by atoms with Crippen molar-refractivity contribution in [3.05, 3.63) is 107 Å². The van der Waals surface area contributed by atoms with Gasteiger partial charge in [-0.3, -0.25) is 15.0 Å². The number of anilines is 1. The number of ether oxygens (including phenoxy) is 2. The van der Waals surface area contributed by atoms with Gasteiger partial charge in [-0.1, -0.05) is 48.0 Å². The molecule has 0 saturated heterocycles. The maximum absolute atomic E-state index is 12.1. The summed E-state index contributed by atoms with van der Waals surface area (Å²) in [6.45, 7) is 2.87. The lowest BCUT2D eigenvalue weighted by Crippen LogP contribution is -2.14. The number of rotatable bonds is 8. The van der Waals surface area contributed by atoms with Crippen LogP contribution in [0.3, 0.4) is 0 Å². The van der Waals surface area contributed by atoms with E-state index in [0.29, 0.717) is 29.7 Å². The fourth-order valence-electron chi connectivity index (χ4n) is 3.20. The number of hydrogen-bond acceptors (Lipinski definition) is 5. The van der Waals surface area contributed by atoms with Crippen LogP contribution in [0.15, 0.2) is 79.0 Å². The summed E-state index contributed by atoms with van der Waals surface area (Å²) in [7, 11) is 0. The maximum atomic E-state index is 12.1. The van der Waals surface area contributed by atoms with Crippen LogP contribution in [0.5, 0.6) is 5.75 Å². The molecule has 4 aromatic rings. The molecule has 0 bridgehead atoms. The molecule has 0 fully saturated rings. The lowest BCUT2D eigenvalue weighted by atomic mass is 10.2. The van der Waals surface area contributed by atoms with Crippen molar-refractivity contribution in [2.45, 2.75) is 26.7 Å². The summed E-state index contributed by atoms with van der Waals surface area (Å²) in [5.74, 6) is 1.12. The number of carbonyl (C=O) groups is 1. The fraction of sp³-hybridized carbons (Fsp3) is 0.160. The van der Waals surface area contributed by atoms with Gasteiger partial charge >= 0.3 is 6.09 Å². The molecule has 0 unspecified atom stereocenters. The van der Waals surface area contributed by atoms with Gasteiger partial charge in [-0.2, -0.15) is 5.10 Å². The Morgan fingerprint density at radius 1 is 1.03 bits per heavy atom. The number of nitrogens with zero attached hydrogens (tertiary/aromatic N) is 3. The van der Waals surface area contributed by atoms with Crippen molar-refractivity contribution in [1.82, 2.24) is 14.8 Å². The fourth-order valence-corrected chi connectivity index (χ4v) is 3.40. The van der Waals surface area contributed by atoms with Gasteiger partial charge in [-0.05, 0) is 42.8 Å². The Kier molecular flexibility index (Phi) is 7.22. The zero-order valence-corrected chi connectivity index (χ0v) is 18.8. The highest BCUT2D eigenvalue weighted by molar-refractivity contribution is 6.30. The molecule has 7 nitrogen and oxygen atoms in total. The van der Waals surface area contributed by atoms with Crippen LogP contribution in [0.2, 0.25) is 5.02 Å². The largest absolute Gasteiger partial charge is 0.489 e. The molecule has 0 aliphatic carbocycles. The molecule has 0 atom stereocenters. The Bertz CT molecular complexity index is 1210. The van der Waals surface area contributed by atoms with Gasteiger partial charge in [0.05, 0.1) is 12.2 Å². The molecular weight excluding hydrogens is 440 g/mol. The van der Waals surface area contributed by atoms with E-state index >= 15 is 0 Å². The average Bonchev–Trinajstić information content (AvgIpc) is 3.17. The molecule has 33 heavy (non-hydrogen) atoms. The van der Waals surface area contributed by atoms with Gasteiger partial charge in [-0.15, -0.1) is 0 Å². The molecule has 2 aromatic heterocycles. The van der Waals surface area contributed by atoms with Gasteiger partial charge in [0.15, 0.2) is 5.82 Å². The third kappa shape index (κ3) is 6.33. The van der Waals surface area contributed by atoms with Crippen molar-refractivity contribution >= 4 is 23.5 Å². The van der Waals surface area contributed by atoms with E-state index in [0.717, 1.165) is 22.6 Å². The molecule has 168 valence electrons. The van der Waals surface area contributed by atoms with Gasteiger partial charge in [0.1, 0.15) is 19.0 Å². The lowest BCUT2D eigenvalue weighted by molar-refractivity contribution is 0.153.